The molecule has 5 rings (SSSR count). The maximum atomic E-state index is 13.4. The SMILES string of the molecule is CC(C)N1CCc2c(sc(NC(=O)c3ccc(S(=O)(=O)N4CCCc5ccccc54)cc3)c2C(N)=O)C1.Cl. The van der Waals surface area contributed by atoms with Gasteiger partial charge < -0.3 is 11.1 Å². The summed E-state index contributed by atoms with van der Waals surface area (Å²) in [4.78, 5) is 28.8. The minimum absolute atomic E-state index is 0. The lowest BCUT2D eigenvalue weighted by molar-refractivity contribution is 0.0999. The highest BCUT2D eigenvalue weighted by molar-refractivity contribution is 7.92. The lowest BCUT2D eigenvalue weighted by atomic mass is 10.0. The van der Waals surface area contributed by atoms with Gasteiger partial charge in [-0.1, -0.05) is 18.2 Å². The number of nitrogens with one attached hydrogen (secondary N) is 1. The first-order valence-corrected chi connectivity index (χ1v) is 14.6. The molecule has 0 saturated heterocycles. The van der Waals surface area contributed by atoms with Crippen molar-refractivity contribution in [3.05, 3.63) is 75.7 Å². The zero-order valence-electron chi connectivity index (χ0n) is 21.3. The van der Waals surface area contributed by atoms with Gasteiger partial charge in [0.25, 0.3) is 21.8 Å². The summed E-state index contributed by atoms with van der Waals surface area (Å²) < 4.78 is 28.2. The number of nitrogens with zero attached hydrogens (tertiary/aromatic N) is 2. The number of benzene rings is 2. The summed E-state index contributed by atoms with van der Waals surface area (Å²) in [7, 11) is -3.77. The molecule has 11 heteroatoms. The van der Waals surface area contributed by atoms with Gasteiger partial charge in [-0.25, -0.2) is 8.42 Å². The van der Waals surface area contributed by atoms with Crippen LogP contribution < -0.4 is 15.4 Å². The van der Waals surface area contributed by atoms with Gasteiger partial charge in [0.2, 0.25) is 0 Å². The highest BCUT2D eigenvalue weighted by Gasteiger charge is 2.30. The Hall–Kier alpha value is -2.92. The van der Waals surface area contributed by atoms with Crippen molar-refractivity contribution in [3.8, 4) is 0 Å². The van der Waals surface area contributed by atoms with E-state index in [1.807, 2.05) is 24.3 Å². The van der Waals surface area contributed by atoms with Gasteiger partial charge in [-0.05, 0) is 74.6 Å². The van der Waals surface area contributed by atoms with Crippen molar-refractivity contribution < 1.29 is 18.0 Å². The van der Waals surface area contributed by atoms with E-state index in [9.17, 15) is 18.0 Å². The lowest BCUT2D eigenvalue weighted by Crippen LogP contribution is -2.35. The van der Waals surface area contributed by atoms with E-state index in [0.717, 1.165) is 35.4 Å². The van der Waals surface area contributed by atoms with Crippen molar-refractivity contribution >= 4 is 56.3 Å². The topological polar surface area (TPSA) is 113 Å². The monoisotopic (exact) mass is 574 g/mol. The average Bonchev–Trinajstić information content (AvgIpc) is 3.25. The fourth-order valence-electron chi connectivity index (χ4n) is 5.04. The van der Waals surface area contributed by atoms with Crippen LogP contribution in [-0.2, 0) is 29.4 Å². The Morgan fingerprint density at radius 2 is 1.74 bits per heavy atom. The Kier molecular flexibility index (Phi) is 8.17. The zero-order chi connectivity index (χ0) is 26.3. The number of fused-ring (bicyclic) bond motifs is 2. The molecule has 3 aromatic rings. The molecule has 3 heterocycles. The van der Waals surface area contributed by atoms with Crippen LogP contribution in [0.25, 0.3) is 0 Å². The summed E-state index contributed by atoms with van der Waals surface area (Å²) in [6.07, 6.45) is 2.29. The Morgan fingerprint density at radius 1 is 1.03 bits per heavy atom. The molecule has 0 atom stereocenters. The van der Waals surface area contributed by atoms with Crippen molar-refractivity contribution in [2.75, 3.05) is 22.7 Å². The number of carbonyl (C=O) groups is 2. The second-order valence-electron chi connectivity index (χ2n) is 9.67. The van der Waals surface area contributed by atoms with Gasteiger partial charge in [0.05, 0.1) is 16.1 Å². The molecule has 0 spiro atoms. The predicted octanol–water partition coefficient (Wildman–Crippen LogP) is 4.43. The van der Waals surface area contributed by atoms with Gasteiger partial charge in [-0.3, -0.25) is 18.8 Å². The number of thiophene rings is 1. The third kappa shape index (κ3) is 5.18. The molecular formula is C27H31ClN4O4S2. The first-order valence-electron chi connectivity index (χ1n) is 12.4. The van der Waals surface area contributed by atoms with Gasteiger partial charge in [0.15, 0.2) is 0 Å². The number of hydrogen-bond donors (Lipinski definition) is 2. The molecule has 8 nitrogen and oxygen atoms in total. The fourth-order valence-corrected chi connectivity index (χ4v) is 7.86. The summed E-state index contributed by atoms with van der Waals surface area (Å²) >= 11 is 1.38. The smallest absolute Gasteiger partial charge is 0.264 e. The van der Waals surface area contributed by atoms with Crippen molar-refractivity contribution in [3.63, 3.8) is 0 Å². The molecule has 38 heavy (non-hydrogen) atoms. The van der Waals surface area contributed by atoms with Crippen LogP contribution in [0.15, 0.2) is 53.4 Å². The first-order chi connectivity index (χ1) is 17.7. The molecular weight excluding hydrogens is 544 g/mol. The number of amides is 2. The standard InChI is InChI=1S/C27H30N4O4S2.ClH/c1-17(2)30-15-13-21-23(16-30)36-27(24(21)25(28)32)29-26(33)19-9-11-20(12-10-19)37(34,35)31-14-5-7-18-6-3-4-8-22(18)31;/h3-4,6,8-12,17H,5,7,13-16H2,1-2H3,(H2,28,32)(H,29,33);1H. The highest BCUT2D eigenvalue weighted by atomic mass is 35.5. The Bertz CT molecular complexity index is 1470. The van der Waals surface area contributed by atoms with Crippen LogP contribution in [0.1, 0.15) is 57.0 Å². The number of aryl methyl sites for hydroxylation is 1. The quantitative estimate of drug-likeness (QED) is 0.452. The number of sulfonamides is 1. The van der Waals surface area contributed by atoms with Crippen molar-refractivity contribution in [2.45, 2.75) is 50.6 Å². The summed E-state index contributed by atoms with van der Waals surface area (Å²) in [5.41, 5.74) is 8.99. The number of para-hydroxylation sites is 1. The number of anilines is 2. The van der Waals surface area contributed by atoms with E-state index in [-0.39, 0.29) is 17.3 Å². The number of rotatable bonds is 6. The van der Waals surface area contributed by atoms with Crippen LogP contribution in [0, 0.1) is 0 Å². The Labute approximate surface area is 233 Å². The molecule has 0 radical (unpaired) electrons. The molecule has 0 bridgehead atoms. The van der Waals surface area contributed by atoms with E-state index in [1.165, 1.54) is 39.9 Å². The van der Waals surface area contributed by atoms with Crippen LogP contribution in [0.2, 0.25) is 0 Å². The first kappa shape index (κ1) is 28.1. The molecule has 2 aliphatic rings. The molecule has 0 saturated carbocycles. The fraction of sp³-hybridized carbons (Fsp3) is 0.333. The number of carbonyl (C=O) groups excluding carboxylic acids is 2. The third-order valence-electron chi connectivity index (χ3n) is 7.06. The largest absolute Gasteiger partial charge is 0.365 e. The minimum Gasteiger partial charge on any atom is -0.365 e. The summed E-state index contributed by atoms with van der Waals surface area (Å²) in [6.45, 7) is 6.20. The van der Waals surface area contributed by atoms with Crippen molar-refractivity contribution in [2.24, 2.45) is 5.73 Å². The van der Waals surface area contributed by atoms with Crippen molar-refractivity contribution in [1.82, 2.24) is 4.90 Å². The maximum absolute atomic E-state index is 13.4. The molecule has 2 aliphatic heterocycles. The normalized spacial score (nSPS) is 15.4. The van der Waals surface area contributed by atoms with E-state index in [4.69, 9.17) is 5.73 Å². The van der Waals surface area contributed by atoms with E-state index < -0.39 is 21.8 Å². The van der Waals surface area contributed by atoms with E-state index in [1.54, 1.807) is 0 Å². The number of nitrogens with two attached hydrogens (primary N) is 1. The second-order valence-corrected chi connectivity index (χ2v) is 12.6. The highest BCUT2D eigenvalue weighted by Crippen LogP contribution is 2.38. The predicted molar refractivity (Wildman–Crippen MR) is 153 cm³/mol. The van der Waals surface area contributed by atoms with Gasteiger partial charge in [-0.2, -0.15) is 0 Å². The van der Waals surface area contributed by atoms with Gasteiger partial charge >= 0.3 is 0 Å². The van der Waals surface area contributed by atoms with E-state index in [2.05, 4.69) is 24.1 Å². The number of primary amides is 1. The van der Waals surface area contributed by atoms with Gasteiger partial charge in [0.1, 0.15) is 5.00 Å². The molecule has 1 aromatic heterocycles. The number of hydrogen-bond acceptors (Lipinski definition) is 6. The molecule has 3 N–H and O–H groups in total. The van der Waals surface area contributed by atoms with E-state index >= 15 is 0 Å². The third-order valence-corrected chi connectivity index (χ3v) is 10.0. The molecule has 2 aromatic carbocycles. The number of halogens is 1. The van der Waals surface area contributed by atoms with Gasteiger partial charge in [0, 0.05) is 36.1 Å². The van der Waals surface area contributed by atoms with Crippen LogP contribution in [0.3, 0.4) is 0 Å². The molecule has 0 fully saturated rings. The second kappa shape index (κ2) is 11.1. The molecule has 202 valence electrons. The van der Waals surface area contributed by atoms with Crippen LogP contribution in [0.4, 0.5) is 10.7 Å². The maximum Gasteiger partial charge on any atom is 0.264 e. The zero-order valence-corrected chi connectivity index (χ0v) is 23.7. The van der Waals surface area contributed by atoms with Crippen LogP contribution in [-0.4, -0.2) is 44.3 Å². The van der Waals surface area contributed by atoms with Crippen LogP contribution in [0.5, 0.6) is 0 Å². The average molecular weight is 575 g/mol. The molecule has 2 amide bonds. The van der Waals surface area contributed by atoms with Crippen molar-refractivity contribution in [1.29, 1.82) is 0 Å². The van der Waals surface area contributed by atoms with Crippen LogP contribution >= 0.6 is 23.7 Å². The molecule has 0 aliphatic carbocycles. The summed E-state index contributed by atoms with van der Waals surface area (Å²) in [6, 6.07) is 13.8. The minimum atomic E-state index is -3.77. The van der Waals surface area contributed by atoms with E-state index in [0.29, 0.717) is 47.4 Å². The lowest BCUT2D eigenvalue weighted by Gasteiger charge is -2.30. The molecule has 0 unspecified atom stereocenters. The Morgan fingerprint density at radius 3 is 2.42 bits per heavy atom. The van der Waals surface area contributed by atoms with Gasteiger partial charge in [-0.15, -0.1) is 23.7 Å². The Balaban J connectivity index is 0.00000336. The summed E-state index contributed by atoms with van der Waals surface area (Å²) in [5.74, 6) is -0.983. The summed E-state index contributed by atoms with van der Waals surface area (Å²) in [5, 5.41) is 3.28.